The van der Waals surface area contributed by atoms with Crippen LogP contribution >= 0.6 is 0 Å². The van der Waals surface area contributed by atoms with Crippen LogP contribution in [0.3, 0.4) is 0 Å². The fourth-order valence-corrected chi connectivity index (χ4v) is 2.69. The number of aromatic nitrogens is 4. The predicted octanol–water partition coefficient (Wildman–Crippen LogP) is 2.93. The highest BCUT2D eigenvalue weighted by molar-refractivity contribution is 5.76. The topological polar surface area (TPSA) is 73.1 Å². The molecule has 0 radical (unpaired) electrons. The molecule has 0 saturated heterocycles. The molecule has 1 atom stereocenters. The van der Waals surface area contributed by atoms with Crippen LogP contribution in [0.15, 0.2) is 73.2 Å². The summed E-state index contributed by atoms with van der Waals surface area (Å²) in [6.07, 6.45) is 4.64. The molecular formula is C20H18N4O2. The van der Waals surface area contributed by atoms with Crippen molar-refractivity contribution in [2.75, 3.05) is 6.61 Å². The zero-order valence-electron chi connectivity index (χ0n) is 14.1. The molecular weight excluding hydrogens is 328 g/mol. The molecule has 0 bridgehead atoms. The summed E-state index contributed by atoms with van der Waals surface area (Å²) in [6.45, 7) is 0.604. The molecule has 0 spiro atoms. The number of hydrogen-bond donors (Lipinski definition) is 1. The second-order valence-electron chi connectivity index (χ2n) is 5.96. The Kier molecular flexibility index (Phi) is 4.57. The number of rotatable bonds is 6. The Balaban J connectivity index is 1.41. The van der Waals surface area contributed by atoms with Crippen LogP contribution in [0.4, 0.5) is 0 Å². The second kappa shape index (κ2) is 7.33. The van der Waals surface area contributed by atoms with E-state index in [1.54, 1.807) is 17.1 Å². The van der Waals surface area contributed by atoms with Gasteiger partial charge < -0.3 is 9.84 Å². The summed E-state index contributed by atoms with van der Waals surface area (Å²) in [4.78, 5) is 9.08. The SMILES string of the molecule is OC(COc1ccc(-c2cnc3ccccc3n2)cc1)Cn1cccn1. The number of aliphatic hydroxyl groups excluding tert-OH is 1. The first-order valence-corrected chi connectivity index (χ1v) is 8.38. The van der Waals surface area contributed by atoms with E-state index in [0.717, 1.165) is 22.3 Å². The van der Waals surface area contributed by atoms with E-state index in [9.17, 15) is 5.11 Å². The maximum absolute atomic E-state index is 10.0. The maximum Gasteiger partial charge on any atom is 0.119 e. The molecule has 2 aromatic heterocycles. The van der Waals surface area contributed by atoms with E-state index < -0.39 is 6.10 Å². The zero-order valence-corrected chi connectivity index (χ0v) is 14.1. The van der Waals surface area contributed by atoms with E-state index in [-0.39, 0.29) is 6.61 Å². The number of aliphatic hydroxyl groups is 1. The van der Waals surface area contributed by atoms with E-state index in [4.69, 9.17) is 4.74 Å². The van der Waals surface area contributed by atoms with Crippen molar-refractivity contribution >= 4 is 11.0 Å². The molecule has 1 N–H and O–H groups in total. The average Bonchev–Trinajstić information content (AvgIpc) is 3.19. The Morgan fingerprint density at radius 3 is 2.58 bits per heavy atom. The quantitative estimate of drug-likeness (QED) is 0.581. The molecule has 1 unspecified atom stereocenters. The lowest BCUT2D eigenvalue weighted by Crippen LogP contribution is -2.23. The van der Waals surface area contributed by atoms with Gasteiger partial charge in [-0.25, -0.2) is 4.98 Å². The smallest absolute Gasteiger partial charge is 0.119 e. The first kappa shape index (κ1) is 16.2. The van der Waals surface area contributed by atoms with Crippen LogP contribution < -0.4 is 4.74 Å². The maximum atomic E-state index is 10.0. The predicted molar refractivity (Wildman–Crippen MR) is 98.7 cm³/mol. The van der Waals surface area contributed by atoms with Gasteiger partial charge >= 0.3 is 0 Å². The van der Waals surface area contributed by atoms with Crippen molar-refractivity contribution in [3.05, 3.63) is 73.2 Å². The number of para-hydroxylation sites is 2. The van der Waals surface area contributed by atoms with Gasteiger partial charge in [0.15, 0.2) is 0 Å². The molecule has 0 aliphatic carbocycles. The summed E-state index contributed by atoms with van der Waals surface area (Å²) in [5.74, 6) is 0.696. The van der Waals surface area contributed by atoms with Crippen molar-refractivity contribution in [1.82, 2.24) is 19.7 Å². The van der Waals surface area contributed by atoms with Gasteiger partial charge in [0.25, 0.3) is 0 Å². The van der Waals surface area contributed by atoms with Crippen molar-refractivity contribution in [1.29, 1.82) is 0 Å². The van der Waals surface area contributed by atoms with E-state index in [2.05, 4.69) is 15.1 Å². The van der Waals surface area contributed by atoms with E-state index in [1.165, 1.54) is 0 Å². The van der Waals surface area contributed by atoms with Gasteiger partial charge in [-0.1, -0.05) is 12.1 Å². The van der Waals surface area contributed by atoms with Gasteiger partial charge in [-0.05, 0) is 42.5 Å². The lowest BCUT2D eigenvalue weighted by atomic mass is 10.1. The molecule has 0 amide bonds. The van der Waals surface area contributed by atoms with Crippen LogP contribution in [0.1, 0.15) is 0 Å². The van der Waals surface area contributed by atoms with Gasteiger partial charge in [-0.3, -0.25) is 9.67 Å². The van der Waals surface area contributed by atoms with Crippen molar-refractivity contribution in [2.45, 2.75) is 12.6 Å². The number of nitrogens with zero attached hydrogens (tertiary/aromatic N) is 4. The molecule has 0 aliphatic heterocycles. The Hall–Kier alpha value is -3.25. The molecule has 6 nitrogen and oxygen atoms in total. The average molecular weight is 346 g/mol. The third kappa shape index (κ3) is 3.70. The van der Waals surface area contributed by atoms with Crippen LogP contribution in [0.25, 0.3) is 22.3 Å². The molecule has 6 heteroatoms. The lowest BCUT2D eigenvalue weighted by Gasteiger charge is -2.12. The first-order valence-electron chi connectivity index (χ1n) is 8.38. The van der Waals surface area contributed by atoms with E-state index in [1.807, 2.05) is 60.8 Å². The highest BCUT2D eigenvalue weighted by atomic mass is 16.5. The Morgan fingerprint density at radius 2 is 1.81 bits per heavy atom. The summed E-state index contributed by atoms with van der Waals surface area (Å²) in [5, 5.41) is 14.1. The van der Waals surface area contributed by atoms with Crippen molar-refractivity contribution < 1.29 is 9.84 Å². The Morgan fingerprint density at radius 1 is 1.00 bits per heavy atom. The summed E-state index contributed by atoms with van der Waals surface area (Å²) in [7, 11) is 0. The highest BCUT2D eigenvalue weighted by Gasteiger charge is 2.07. The van der Waals surface area contributed by atoms with Gasteiger partial charge in [0.1, 0.15) is 18.5 Å². The zero-order chi connectivity index (χ0) is 17.8. The van der Waals surface area contributed by atoms with Crippen LogP contribution in [0.2, 0.25) is 0 Å². The minimum Gasteiger partial charge on any atom is -0.491 e. The molecule has 4 aromatic rings. The van der Waals surface area contributed by atoms with Crippen LogP contribution in [-0.4, -0.2) is 37.6 Å². The number of fused-ring (bicyclic) bond motifs is 1. The normalized spacial score (nSPS) is 12.2. The summed E-state index contributed by atoms with van der Waals surface area (Å²) in [6, 6.07) is 17.2. The van der Waals surface area contributed by atoms with Gasteiger partial charge in [-0.15, -0.1) is 0 Å². The lowest BCUT2D eigenvalue weighted by molar-refractivity contribution is 0.0893. The van der Waals surface area contributed by atoms with Crippen LogP contribution in [0, 0.1) is 0 Å². The highest BCUT2D eigenvalue weighted by Crippen LogP contribution is 2.22. The fraction of sp³-hybridized carbons (Fsp3) is 0.150. The van der Waals surface area contributed by atoms with Crippen molar-refractivity contribution in [3.8, 4) is 17.0 Å². The molecule has 0 saturated carbocycles. The van der Waals surface area contributed by atoms with Gasteiger partial charge in [-0.2, -0.15) is 5.10 Å². The Bertz CT molecular complexity index is 984. The molecule has 4 rings (SSSR count). The summed E-state index contributed by atoms with van der Waals surface area (Å²) in [5.41, 5.74) is 3.52. The largest absolute Gasteiger partial charge is 0.491 e. The molecule has 26 heavy (non-hydrogen) atoms. The Labute approximate surface area is 150 Å². The fourth-order valence-electron chi connectivity index (χ4n) is 2.69. The standard InChI is InChI=1S/C20H18N4O2/c25-16(13-24-11-3-10-22-24)14-26-17-8-6-15(7-9-17)20-12-21-18-4-1-2-5-19(18)23-20/h1-12,16,25H,13-14H2. The van der Waals surface area contributed by atoms with Crippen molar-refractivity contribution in [3.63, 3.8) is 0 Å². The summed E-state index contributed by atoms with van der Waals surface area (Å²) < 4.78 is 7.33. The molecule has 130 valence electrons. The molecule has 2 heterocycles. The summed E-state index contributed by atoms with van der Waals surface area (Å²) >= 11 is 0. The third-order valence-corrected chi connectivity index (χ3v) is 4.00. The molecule has 2 aromatic carbocycles. The van der Waals surface area contributed by atoms with Gasteiger partial charge in [0, 0.05) is 18.0 Å². The molecule has 0 aliphatic rings. The number of ether oxygens (including phenoxy) is 1. The second-order valence-corrected chi connectivity index (χ2v) is 5.96. The minimum absolute atomic E-state index is 0.203. The number of hydrogen-bond acceptors (Lipinski definition) is 5. The molecule has 0 fully saturated rings. The number of benzene rings is 2. The van der Waals surface area contributed by atoms with Gasteiger partial charge in [0.2, 0.25) is 0 Å². The minimum atomic E-state index is -0.624. The monoisotopic (exact) mass is 346 g/mol. The van der Waals surface area contributed by atoms with Gasteiger partial charge in [0.05, 0.1) is 29.5 Å². The van der Waals surface area contributed by atoms with E-state index >= 15 is 0 Å². The van der Waals surface area contributed by atoms with Crippen LogP contribution in [-0.2, 0) is 6.54 Å². The van der Waals surface area contributed by atoms with Crippen molar-refractivity contribution in [2.24, 2.45) is 0 Å². The van der Waals surface area contributed by atoms with E-state index in [0.29, 0.717) is 12.3 Å². The van der Waals surface area contributed by atoms with Crippen LogP contribution in [0.5, 0.6) is 5.75 Å². The third-order valence-electron chi connectivity index (χ3n) is 4.00. The first-order chi connectivity index (χ1) is 12.8.